The number of hydrogen-bond donors (Lipinski definition) is 7. The Labute approximate surface area is 187 Å². The van der Waals surface area contributed by atoms with E-state index in [2.05, 4.69) is 16.0 Å². The zero-order chi connectivity index (χ0) is 25.2. The molecule has 0 aromatic heterocycles. The van der Waals surface area contributed by atoms with Crippen molar-refractivity contribution in [1.29, 1.82) is 0 Å². The minimum atomic E-state index is -1.47. The molecule has 6 unspecified atom stereocenters. The SMILES string of the molecule is CCC(C)C(NC(=O)C(NC(=O)C(N)CC(N)=O)C(C)O)C(=O)NC(CC(C)C)C(=O)O. The fourth-order valence-corrected chi connectivity index (χ4v) is 2.87. The van der Waals surface area contributed by atoms with Crippen LogP contribution in [0.3, 0.4) is 0 Å². The van der Waals surface area contributed by atoms with Gasteiger partial charge in [-0.3, -0.25) is 19.2 Å². The molecule has 12 nitrogen and oxygen atoms in total. The van der Waals surface area contributed by atoms with Gasteiger partial charge in [0, 0.05) is 0 Å². The number of rotatable bonds is 14. The Hall–Kier alpha value is -2.73. The summed E-state index contributed by atoms with van der Waals surface area (Å²) in [6.07, 6.45) is -1.13. The van der Waals surface area contributed by atoms with E-state index in [0.717, 1.165) is 0 Å². The molecule has 0 fully saturated rings. The van der Waals surface area contributed by atoms with Gasteiger partial charge < -0.3 is 37.6 Å². The number of nitrogens with one attached hydrogen (secondary N) is 3. The molecule has 0 rings (SSSR count). The average Bonchev–Trinajstić information content (AvgIpc) is 2.67. The van der Waals surface area contributed by atoms with E-state index in [1.54, 1.807) is 13.8 Å². The summed E-state index contributed by atoms with van der Waals surface area (Å²) in [5.74, 6) is -4.82. The summed E-state index contributed by atoms with van der Waals surface area (Å²) in [6.45, 7) is 8.37. The Balaban J connectivity index is 5.50. The largest absolute Gasteiger partial charge is 0.480 e. The maximum Gasteiger partial charge on any atom is 0.326 e. The lowest BCUT2D eigenvalue weighted by Crippen LogP contribution is -2.61. The lowest BCUT2D eigenvalue weighted by atomic mass is 9.96. The van der Waals surface area contributed by atoms with E-state index in [9.17, 15) is 34.2 Å². The van der Waals surface area contributed by atoms with Gasteiger partial charge in [-0.25, -0.2) is 4.79 Å². The molecule has 4 amide bonds. The van der Waals surface area contributed by atoms with E-state index >= 15 is 0 Å². The first-order valence-electron chi connectivity index (χ1n) is 10.6. The second-order valence-electron chi connectivity index (χ2n) is 8.40. The van der Waals surface area contributed by atoms with Gasteiger partial charge in [0.25, 0.3) is 0 Å². The Bertz CT molecular complexity index is 683. The fourth-order valence-electron chi connectivity index (χ4n) is 2.87. The van der Waals surface area contributed by atoms with Crippen LogP contribution < -0.4 is 27.4 Å². The predicted molar refractivity (Wildman–Crippen MR) is 116 cm³/mol. The van der Waals surface area contributed by atoms with E-state index in [0.29, 0.717) is 6.42 Å². The number of carboxylic acid groups (broad SMARTS) is 1. The number of carbonyl (C=O) groups excluding carboxylic acids is 4. The molecule has 0 saturated heterocycles. The van der Waals surface area contributed by atoms with Crippen LogP contribution in [0.5, 0.6) is 0 Å². The van der Waals surface area contributed by atoms with Crippen LogP contribution in [0, 0.1) is 11.8 Å². The molecule has 6 atom stereocenters. The van der Waals surface area contributed by atoms with Crippen LogP contribution in [0.1, 0.15) is 53.9 Å². The molecule has 0 heterocycles. The maximum absolute atomic E-state index is 12.8. The van der Waals surface area contributed by atoms with E-state index in [4.69, 9.17) is 11.5 Å². The van der Waals surface area contributed by atoms with Gasteiger partial charge in [0.15, 0.2) is 0 Å². The second kappa shape index (κ2) is 13.6. The Morgan fingerprint density at radius 2 is 1.38 bits per heavy atom. The number of nitrogens with two attached hydrogens (primary N) is 2. The molecule has 0 bridgehead atoms. The van der Waals surface area contributed by atoms with Crippen molar-refractivity contribution in [3.05, 3.63) is 0 Å². The summed E-state index contributed by atoms with van der Waals surface area (Å²) in [5, 5.41) is 26.5. The number of carbonyl (C=O) groups is 5. The van der Waals surface area contributed by atoms with Gasteiger partial charge in [-0.1, -0.05) is 34.1 Å². The summed E-state index contributed by atoms with van der Waals surface area (Å²) >= 11 is 0. The van der Waals surface area contributed by atoms with Crippen LogP contribution >= 0.6 is 0 Å². The highest BCUT2D eigenvalue weighted by atomic mass is 16.4. The lowest BCUT2D eigenvalue weighted by molar-refractivity contribution is -0.143. The number of primary amides is 1. The fraction of sp³-hybridized carbons (Fsp3) is 0.750. The maximum atomic E-state index is 12.8. The van der Waals surface area contributed by atoms with Gasteiger partial charge in [0.2, 0.25) is 23.6 Å². The Kier molecular flexibility index (Phi) is 12.5. The molecule has 0 aliphatic rings. The molecule has 0 aromatic carbocycles. The van der Waals surface area contributed by atoms with Gasteiger partial charge >= 0.3 is 5.97 Å². The van der Waals surface area contributed by atoms with Gasteiger partial charge in [-0.05, 0) is 25.2 Å². The molecule has 0 aliphatic carbocycles. The predicted octanol–water partition coefficient (Wildman–Crippen LogP) is -1.80. The van der Waals surface area contributed by atoms with Gasteiger partial charge in [-0.15, -0.1) is 0 Å². The van der Waals surface area contributed by atoms with E-state index in [1.165, 1.54) is 6.92 Å². The molecule has 0 spiro atoms. The third kappa shape index (κ3) is 10.1. The number of aliphatic carboxylic acids is 1. The summed E-state index contributed by atoms with van der Waals surface area (Å²) in [5.41, 5.74) is 10.6. The van der Waals surface area contributed by atoms with Crippen LogP contribution in [0.25, 0.3) is 0 Å². The third-order valence-electron chi connectivity index (χ3n) is 4.94. The Morgan fingerprint density at radius 1 is 0.875 bits per heavy atom. The molecule has 9 N–H and O–H groups in total. The minimum absolute atomic E-state index is 0.00693. The van der Waals surface area contributed by atoms with E-state index in [-0.39, 0.29) is 18.3 Å². The van der Waals surface area contributed by atoms with Crippen LogP contribution in [0.4, 0.5) is 0 Å². The zero-order valence-electron chi connectivity index (χ0n) is 19.3. The van der Waals surface area contributed by atoms with Gasteiger partial charge in [-0.2, -0.15) is 0 Å². The minimum Gasteiger partial charge on any atom is -0.480 e. The van der Waals surface area contributed by atoms with Crippen molar-refractivity contribution in [3.63, 3.8) is 0 Å². The molecule has 0 saturated carbocycles. The normalized spacial score (nSPS) is 16.8. The molecule has 12 heteroatoms. The first kappa shape index (κ1) is 29.3. The van der Waals surface area contributed by atoms with Crippen LogP contribution in [0.15, 0.2) is 0 Å². The monoisotopic (exact) mass is 459 g/mol. The van der Waals surface area contributed by atoms with Crippen LogP contribution in [-0.2, 0) is 24.0 Å². The summed E-state index contributed by atoms with van der Waals surface area (Å²) < 4.78 is 0. The van der Waals surface area contributed by atoms with Gasteiger partial charge in [0.1, 0.15) is 18.1 Å². The highest BCUT2D eigenvalue weighted by Crippen LogP contribution is 2.11. The zero-order valence-corrected chi connectivity index (χ0v) is 19.3. The molecule has 32 heavy (non-hydrogen) atoms. The number of carboxylic acids is 1. The van der Waals surface area contributed by atoms with Crippen molar-refractivity contribution in [3.8, 4) is 0 Å². The third-order valence-corrected chi connectivity index (χ3v) is 4.94. The number of aliphatic hydroxyl groups excluding tert-OH is 1. The quantitative estimate of drug-likeness (QED) is 0.157. The highest BCUT2D eigenvalue weighted by Gasteiger charge is 2.34. The molecule has 0 aliphatic heterocycles. The molecular formula is C20H37N5O7. The van der Waals surface area contributed by atoms with Crippen molar-refractivity contribution in [2.24, 2.45) is 23.3 Å². The average molecular weight is 460 g/mol. The van der Waals surface area contributed by atoms with Gasteiger partial charge in [0.05, 0.1) is 18.6 Å². The second-order valence-corrected chi connectivity index (χ2v) is 8.40. The van der Waals surface area contributed by atoms with E-state index < -0.39 is 66.3 Å². The first-order chi connectivity index (χ1) is 14.7. The Morgan fingerprint density at radius 3 is 1.78 bits per heavy atom. The summed E-state index contributed by atoms with van der Waals surface area (Å²) in [7, 11) is 0. The summed E-state index contributed by atoms with van der Waals surface area (Å²) in [4.78, 5) is 60.2. The van der Waals surface area contributed by atoms with Crippen molar-refractivity contribution >= 4 is 29.6 Å². The number of amides is 4. The number of aliphatic hydroxyl groups is 1. The van der Waals surface area contributed by atoms with Crippen LogP contribution in [0.2, 0.25) is 0 Å². The molecular weight excluding hydrogens is 422 g/mol. The molecule has 0 aromatic rings. The summed E-state index contributed by atoms with van der Waals surface area (Å²) in [6, 6.07) is -5.03. The lowest BCUT2D eigenvalue weighted by Gasteiger charge is -2.29. The molecule has 184 valence electrons. The van der Waals surface area contributed by atoms with Crippen molar-refractivity contribution in [1.82, 2.24) is 16.0 Å². The number of hydrogen-bond acceptors (Lipinski definition) is 7. The van der Waals surface area contributed by atoms with Crippen LogP contribution in [-0.4, -0.2) is 70.1 Å². The topological polar surface area (TPSA) is 214 Å². The smallest absolute Gasteiger partial charge is 0.326 e. The standard InChI is InChI=1S/C20H37N5O7/c1-6-10(4)15(18(29)23-13(20(31)32)7-9(2)3)24-19(30)16(11(5)26)25-17(28)12(21)8-14(22)27/h9-13,15-16,26H,6-8,21H2,1-5H3,(H2,22,27)(H,23,29)(H,24,30)(H,25,28)(H,31,32). The van der Waals surface area contributed by atoms with Crippen molar-refractivity contribution in [2.45, 2.75) is 84.2 Å². The molecule has 0 radical (unpaired) electrons. The van der Waals surface area contributed by atoms with E-state index in [1.807, 2.05) is 13.8 Å². The highest BCUT2D eigenvalue weighted by molar-refractivity contribution is 5.95. The van der Waals surface area contributed by atoms with Crippen molar-refractivity contribution < 1.29 is 34.2 Å². The first-order valence-corrected chi connectivity index (χ1v) is 10.6. The van der Waals surface area contributed by atoms with Crippen molar-refractivity contribution in [2.75, 3.05) is 0 Å².